The molecular formula is C19H26BrN3O3S. The Labute approximate surface area is 172 Å². The van der Waals surface area contributed by atoms with Crippen LogP contribution in [0.4, 0.5) is 4.79 Å². The van der Waals surface area contributed by atoms with Crippen molar-refractivity contribution >= 4 is 50.9 Å². The van der Waals surface area contributed by atoms with E-state index in [2.05, 4.69) is 26.2 Å². The summed E-state index contributed by atoms with van der Waals surface area (Å²) in [5.74, 6) is 0.596. The van der Waals surface area contributed by atoms with Crippen molar-refractivity contribution < 1.29 is 14.3 Å². The Balaban J connectivity index is 1.99. The van der Waals surface area contributed by atoms with Crippen LogP contribution in [0.25, 0.3) is 10.9 Å². The summed E-state index contributed by atoms with van der Waals surface area (Å²) in [6, 6.07) is 5.65. The van der Waals surface area contributed by atoms with Crippen LogP contribution in [0.1, 0.15) is 26.3 Å². The average Bonchev–Trinajstić information content (AvgIpc) is 2.93. The minimum absolute atomic E-state index is 0.309. The summed E-state index contributed by atoms with van der Waals surface area (Å²) in [5, 5.41) is 16.2. The minimum Gasteiger partial charge on any atom is -0.624 e. The summed E-state index contributed by atoms with van der Waals surface area (Å²) in [7, 11) is 0. The number of alkyl carbamates (subject to hydrolysis) is 1. The molecule has 2 rings (SSSR count). The first-order valence-electron chi connectivity index (χ1n) is 8.70. The van der Waals surface area contributed by atoms with Gasteiger partial charge in [-0.1, -0.05) is 22.0 Å². The molecule has 0 aliphatic heterocycles. The van der Waals surface area contributed by atoms with Crippen LogP contribution in [0.3, 0.4) is 0 Å². The zero-order valence-electron chi connectivity index (χ0n) is 16.0. The summed E-state index contributed by atoms with van der Waals surface area (Å²) in [6.07, 6.45) is 5.46. The number of ether oxygens (including phenoxy) is 1. The van der Waals surface area contributed by atoms with Gasteiger partial charge in [0, 0.05) is 33.7 Å². The van der Waals surface area contributed by atoms with Gasteiger partial charge >= 0.3 is 6.09 Å². The van der Waals surface area contributed by atoms with Gasteiger partial charge in [-0.3, -0.25) is 0 Å². The molecule has 0 spiro atoms. The van der Waals surface area contributed by atoms with E-state index in [1.54, 1.807) is 32.5 Å². The molecule has 2 aromatic rings. The number of hydrogen-bond acceptors (Lipinski definition) is 4. The molecule has 8 heteroatoms. The number of H-pyrrole nitrogens is 1. The Morgan fingerprint density at radius 3 is 2.89 bits per heavy atom. The first-order chi connectivity index (χ1) is 12.7. The van der Waals surface area contributed by atoms with E-state index in [0.717, 1.165) is 25.7 Å². The van der Waals surface area contributed by atoms with E-state index in [1.807, 2.05) is 30.7 Å². The van der Waals surface area contributed by atoms with Gasteiger partial charge in [-0.25, -0.2) is 9.53 Å². The summed E-state index contributed by atoms with van der Waals surface area (Å²) < 4.78 is 7.16. The number of rotatable bonds is 7. The van der Waals surface area contributed by atoms with E-state index in [4.69, 9.17) is 4.74 Å². The van der Waals surface area contributed by atoms with Crippen LogP contribution < -0.4 is 5.32 Å². The van der Waals surface area contributed by atoms with E-state index < -0.39 is 11.7 Å². The summed E-state index contributed by atoms with van der Waals surface area (Å²) in [6.45, 7) is 5.72. The molecule has 1 aromatic heterocycles. The second-order valence-electron chi connectivity index (χ2n) is 7.25. The number of thioether (sulfide) groups is 1. The zero-order chi connectivity index (χ0) is 20.0. The number of carbonyl (C=O) groups excluding carboxylic acids is 1. The molecule has 6 nitrogen and oxygen atoms in total. The Hall–Kier alpha value is -1.67. The smallest absolute Gasteiger partial charge is 0.408 e. The van der Waals surface area contributed by atoms with E-state index in [1.165, 1.54) is 6.21 Å². The fraction of sp³-hybridized carbons (Fsp3) is 0.474. The molecule has 0 unspecified atom stereocenters. The van der Waals surface area contributed by atoms with Gasteiger partial charge in [-0.2, -0.15) is 11.8 Å². The normalized spacial score (nSPS) is 13.6. The van der Waals surface area contributed by atoms with Crippen LogP contribution in [0.15, 0.2) is 28.9 Å². The van der Waals surface area contributed by atoms with Gasteiger partial charge in [0.2, 0.25) is 0 Å². The van der Waals surface area contributed by atoms with Crippen LogP contribution in [0, 0.1) is 5.21 Å². The predicted molar refractivity (Wildman–Crippen MR) is 116 cm³/mol. The molecule has 27 heavy (non-hydrogen) atoms. The van der Waals surface area contributed by atoms with Crippen LogP contribution in [0.2, 0.25) is 0 Å². The quantitative estimate of drug-likeness (QED) is 0.282. The van der Waals surface area contributed by atoms with Gasteiger partial charge in [0.25, 0.3) is 0 Å². The lowest BCUT2D eigenvalue weighted by Gasteiger charge is -2.21. The lowest BCUT2D eigenvalue weighted by molar-refractivity contribution is -0.453. The van der Waals surface area contributed by atoms with Crippen molar-refractivity contribution in [1.82, 2.24) is 10.3 Å². The molecule has 2 N–H and O–H groups in total. The molecule has 0 saturated carbocycles. The maximum atomic E-state index is 12.3. The van der Waals surface area contributed by atoms with Gasteiger partial charge in [-0.05, 0) is 44.7 Å². The first kappa shape index (κ1) is 21.6. The Morgan fingerprint density at radius 1 is 1.48 bits per heavy atom. The highest BCUT2D eigenvalue weighted by atomic mass is 79.9. The molecule has 0 saturated heterocycles. The second-order valence-corrected chi connectivity index (χ2v) is 9.08. The minimum atomic E-state index is -0.574. The number of aromatic nitrogens is 1. The Bertz CT molecular complexity index is 814. The monoisotopic (exact) mass is 455 g/mol. The highest BCUT2D eigenvalue weighted by Gasteiger charge is 2.20. The number of carbonyl (C=O) groups is 1. The van der Waals surface area contributed by atoms with E-state index >= 15 is 0 Å². The molecule has 0 radical (unpaired) electrons. The fourth-order valence-electron chi connectivity index (χ4n) is 2.63. The number of hydrogen-bond donors (Lipinski definition) is 2. The lowest BCUT2D eigenvalue weighted by atomic mass is 10.1. The van der Waals surface area contributed by atoms with Gasteiger partial charge < -0.3 is 20.2 Å². The van der Waals surface area contributed by atoms with Crippen LogP contribution >= 0.6 is 27.7 Å². The molecule has 1 heterocycles. The van der Waals surface area contributed by atoms with Crippen molar-refractivity contribution in [2.24, 2.45) is 0 Å². The van der Waals surface area contributed by atoms with Gasteiger partial charge in [-0.15, -0.1) is 0 Å². The molecule has 0 bridgehead atoms. The van der Waals surface area contributed by atoms with Crippen LogP contribution in [0.5, 0.6) is 0 Å². The number of fused-ring (bicyclic) bond motifs is 1. The van der Waals surface area contributed by atoms with Gasteiger partial charge in [0.05, 0.1) is 0 Å². The Morgan fingerprint density at radius 2 is 2.22 bits per heavy atom. The van der Waals surface area contributed by atoms with Crippen molar-refractivity contribution in [2.45, 2.75) is 38.8 Å². The summed E-state index contributed by atoms with van der Waals surface area (Å²) in [5.41, 5.74) is 1.55. The molecule has 1 amide bonds. The largest absolute Gasteiger partial charge is 0.624 e. The topological polar surface area (TPSA) is 80.2 Å². The number of nitrogens with one attached hydrogen (secondary N) is 2. The molecule has 148 valence electrons. The SMILES string of the molecule is CSC[C@H](/C=[N+](\[O-])CCc1c[nH]c2cc(Br)ccc12)NC(=O)OC(C)(C)C. The fourth-order valence-corrected chi connectivity index (χ4v) is 3.52. The number of amides is 1. The number of halogens is 1. The third-order valence-corrected chi connectivity index (χ3v) is 4.91. The summed E-state index contributed by atoms with van der Waals surface area (Å²) >= 11 is 5.01. The summed E-state index contributed by atoms with van der Waals surface area (Å²) in [4.78, 5) is 15.2. The Kier molecular flexibility index (Phi) is 7.61. The third kappa shape index (κ3) is 7.10. The standard InChI is InChI=1S/C19H26BrN3O3S/c1-19(2,3)26-18(24)22-15(12-27-4)11-23(25)8-7-13-10-21-17-9-14(20)5-6-16(13)17/h5-6,9-11,15,21H,7-8,12H2,1-4H3,(H,22,24)/b23-11-/t15-/m0/s1. The van der Waals surface area contributed by atoms with Gasteiger partial charge in [0.1, 0.15) is 11.6 Å². The third-order valence-electron chi connectivity index (χ3n) is 3.73. The molecule has 1 aromatic carbocycles. The molecule has 0 aliphatic carbocycles. The second kappa shape index (κ2) is 9.50. The van der Waals surface area contributed by atoms with Gasteiger partial charge in [0.15, 0.2) is 12.8 Å². The lowest BCUT2D eigenvalue weighted by Crippen LogP contribution is -2.42. The van der Waals surface area contributed by atoms with Crippen LogP contribution in [-0.2, 0) is 11.2 Å². The van der Waals surface area contributed by atoms with Crippen molar-refractivity contribution in [3.05, 3.63) is 39.6 Å². The zero-order valence-corrected chi connectivity index (χ0v) is 18.4. The number of benzene rings is 1. The molecule has 0 fully saturated rings. The average molecular weight is 456 g/mol. The highest BCUT2D eigenvalue weighted by molar-refractivity contribution is 9.10. The molecular weight excluding hydrogens is 430 g/mol. The maximum Gasteiger partial charge on any atom is 0.408 e. The van der Waals surface area contributed by atoms with E-state index in [0.29, 0.717) is 18.7 Å². The number of aromatic amines is 1. The first-order valence-corrected chi connectivity index (χ1v) is 10.9. The number of hydroxylamine groups is 1. The predicted octanol–water partition coefficient (Wildman–Crippen LogP) is 4.31. The molecule has 0 aliphatic rings. The van der Waals surface area contributed by atoms with E-state index in [-0.39, 0.29) is 6.04 Å². The van der Waals surface area contributed by atoms with Crippen molar-refractivity contribution in [3.8, 4) is 0 Å². The van der Waals surface area contributed by atoms with Crippen LogP contribution in [-0.4, -0.2) is 52.2 Å². The van der Waals surface area contributed by atoms with E-state index in [9.17, 15) is 10.0 Å². The van der Waals surface area contributed by atoms with Crippen molar-refractivity contribution in [2.75, 3.05) is 18.6 Å². The molecule has 1 atom stereocenters. The van der Waals surface area contributed by atoms with Crippen molar-refractivity contribution in [3.63, 3.8) is 0 Å². The maximum absolute atomic E-state index is 12.3. The van der Waals surface area contributed by atoms with Crippen molar-refractivity contribution in [1.29, 1.82) is 0 Å². The highest BCUT2D eigenvalue weighted by Crippen LogP contribution is 2.22. The number of nitrogens with zero attached hydrogens (tertiary/aromatic N) is 1.